The van der Waals surface area contributed by atoms with Crippen LogP contribution in [0.15, 0.2) is 24.3 Å². The van der Waals surface area contributed by atoms with Gasteiger partial charge in [-0.15, -0.1) is 10.2 Å². The van der Waals surface area contributed by atoms with E-state index in [-0.39, 0.29) is 17.7 Å². The molecule has 2 aromatic rings. The number of hydrogen-bond donors (Lipinski definition) is 1. The van der Waals surface area contributed by atoms with Gasteiger partial charge in [0.1, 0.15) is 11.0 Å². The lowest BCUT2D eigenvalue weighted by atomic mass is 9.93. The number of nitrogens with zero attached hydrogens (tertiary/aromatic N) is 3. The number of anilines is 1. The van der Waals surface area contributed by atoms with E-state index in [2.05, 4.69) is 15.5 Å². The highest BCUT2D eigenvalue weighted by atomic mass is 32.1. The average Bonchev–Trinajstić information content (AvgIpc) is 3.02. The molecule has 0 aliphatic carbocycles. The third-order valence-corrected chi connectivity index (χ3v) is 5.26. The van der Waals surface area contributed by atoms with E-state index in [9.17, 15) is 9.59 Å². The molecule has 1 aliphatic rings. The molecule has 3 rings (SSSR count). The topological polar surface area (TPSA) is 75.2 Å². The van der Waals surface area contributed by atoms with E-state index in [0.717, 1.165) is 16.1 Å². The molecule has 2 heterocycles. The third-order valence-electron chi connectivity index (χ3n) is 4.12. The lowest BCUT2D eigenvalue weighted by molar-refractivity contribution is -0.138. The Morgan fingerprint density at radius 1 is 1.25 bits per heavy atom. The second-order valence-corrected chi connectivity index (χ2v) is 7.23. The van der Waals surface area contributed by atoms with Crippen molar-refractivity contribution in [2.24, 2.45) is 0 Å². The number of benzene rings is 1. The van der Waals surface area contributed by atoms with E-state index in [0.29, 0.717) is 18.1 Å². The SMILES string of the molecule is CC(=O)N1Cc2ccccc2C[C@H]1C(=O)Nc1nnc(C(C)C)s1. The number of rotatable bonds is 3. The van der Waals surface area contributed by atoms with Crippen LogP contribution in [0.5, 0.6) is 0 Å². The summed E-state index contributed by atoms with van der Waals surface area (Å²) in [5, 5.41) is 12.3. The Balaban J connectivity index is 1.80. The highest BCUT2D eigenvalue weighted by Crippen LogP contribution is 2.26. The highest BCUT2D eigenvalue weighted by Gasteiger charge is 2.33. The minimum Gasteiger partial charge on any atom is -0.326 e. The maximum Gasteiger partial charge on any atom is 0.249 e. The molecule has 0 radical (unpaired) electrons. The van der Waals surface area contributed by atoms with Crippen LogP contribution >= 0.6 is 11.3 Å². The van der Waals surface area contributed by atoms with Crippen molar-refractivity contribution in [2.75, 3.05) is 5.32 Å². The lowest BCUT2D eigenvalue weighted by Crippen LogP contribution is -2.49. The van der Waals surface area contributed by atoms with Crippen LogP contribution in [0.4, 0.5) is 5.13 Å². The molecule has 2 amide bonds. The van der Waals surface area contributed by atoms with Gasteiger partial charge in [0.15, 0.2) is 0 Å². The van der Waals surface area contributed by atoms with Crippen molar-refractivity contribution in [3.05, 3.63) is 40.4 Å². The van der Waals surface area contributed by atoms with E-state index in [1.165, 1.54) is 18.3 Å². The first-order valence-electron chi connectivity index (χ1n) is 7.94. The Morgan fingerprint density at radius 3 is 2.58 bits per heavy atom. The van der Waals surface area contributed by atoms with Gasteiger partial charge in [-0.3, -0.25) is 14.9 Å². The quantitative estimate of drug-likeness (QED) is 0.928. The van der Waals surface area contributed by atoms with Crippen molar-refractivity contribution in [1.82, 2.24) is 15.1 Å². The van der Waals surface area contributed by atoms with Crippen LogP contribution in [0.1, 0.15) is 42.8 Å². The molecule has 24 heavy (non-hydrogen) atoms. The highest BCUT2D eigenvalue weighted by molar-refractivity contribution is 7.15. The largest absolute Gasteiger partial charge is 0.326 e. The fraction of sp³-hybridized carbons (Fsp3) is 0.412. The van der Waals surface area contributed by atoms with Crippen molar-refractivity contribution in [1.29, 1.82) is 0 Å². The summed E-state index contributed by atoms with van der Waals surface area (Å²) in [7, 11) is 0. The molecule has 1 aliphatic heterocycles. The van der Waals surface area contributed by atoms with Gasteiger partial charge in [0.25, 0.3) is 0 Å². The summed E-state index contributed by atoms with van der Waals surface area (Å²) in [5.41, 5.74) is 2.20. The van der Waals surface area contributed by atoms with Gasteiger partial charge in [-0.05, 0) is 11.1 Å². The maximum atomic E-state index is 12.7. The molecule has 1 N–H and O–H groups in total. The van der Waals surface area contributed by atoms with Gasteiger partial charge in [-0.1, -0.05) is 49.4 Å². The Morgan fingerprint density at radius 2 is 1.96 bits per heavy atom. The monoisotopic (exact) mass is 344 g/mol. The molecule has 0 bridgehead atoms. The summed E-state index contributed by atoms with van der Waals surface area (Å²) in [6.45, 7) is 6.01. The molecular weight excluding hydrogens is 324 g/mol. The van der Waals surface area contributed by atoms with E-state index in [4.69, 9.17) is 0 Å². The van der Waals surface area contributed by atoms with E-state index < -0.39 is 6.04 Å². The second kappa shape index (κ2) is 6.68. The molecule has 0 spiro atoms. The first-order chi connectivity index (χ1) is 11.5. The number of hydrogen-bond acceptors (Lipinski definition) is 5. The predicted molar refractivity (Wildman–Crippen MR) is 92.8 cm³/mol. The molecule has 0 saturated heterocycles. The molecule has 0 unspecified atom stereocenters. The fourth-order valence-corrected chi connectivity index (χ4v) is 3.54. The predicted octanol–water partition coefficient (Wildman–Crippen LogP) is 2.57. The minimum atomic E-state index is -0.524. The summed E-state index contributed by atoms with van der Waals surface area (Å²) in [6.07, 6.45) is 0.511. The lowest BCUT2D eigenvalue weighted by Gasteiger charge is -2.35. The smallest absolute Gasteiger partial charge is 0.249 e. The Bertz CT molecular complexity index is 771. The summed E-state index contributed by atoms with van der Waals surface area (Å²) in [5.74, 6) is -0.0561. The van der Waals surface area contributed by atoms with Crippen molar-refractivity contribution in [3.8, 4) is 0 Å². The van der Waals surface area contributed by atoms with Gasteiger partial charge in [-0.25, -0.2) is 0 Å². The molecule has 0 fully saturated rings. The Kier molecular flexibility index (Phi) is 4.62. The average molecular weight is 344 g/mol. The molecule has 126 valence electrons. The van der Waals surface area contributed by atoms with Gasteiger partial charge in [0, 0.05) is 25.8 Å². The number of carbonyl (C=O) groups is 2. The first-order valence-corrected chi connectivity index (χ1v) is 8.75. The molecule has 1 aromatic carbocycles. The van der Waals surface area contributed by atoms with Crippen molar-refractivity contribution in [2.45, 2.75) is 45.7 Å². The van der Waals surface area contributed by atoms with Crippen molar-refractivity contribution < 1.29 is 9.59 Å². The van der Waals surface area contributed by atoms with E-state index in [1.807, 2.05) is 38.1 Å². The van der Waals surface area contributed by atoms with Gasteiger partial charge in [0.05, 0.1) is 0 Å². The number of nitrogens with one attached hydrogen (secondary N) is 1. The number of carbonyl (C=O) groups excluding carboxylic acids is 2. The molecule has 1 aromatic heterocycles. The fourth-order valence-electron chi connectivity index (χ4n) is 2.80. The van der Waals surface area contributed by atoms with Crippen LogP contribution < -0.4 is 5.32 Å². The van der Waals surface area contributed by atoms with E-state index in [1.54, 1.807) is 4.90 Å². The van der Waals surface area contributed by atoms with Gasteiger partial charge < -0.3 is 4.90 Å². The molecular formula is C17H20N4O2S. The molecule has 0 saturated carbocycles. The van der Waals surface area contributed by atoms with Crippen molar-refractivity contribution in [3.63, 3.8) is 0 Å². The van der Waals surface area contributed by atoms with Gasteiger partial charge in [-0.2, -0.15) is 0 Å². The zero-order valence-electron chi connectivity index (χ0n) is 13.9. The molecule has 6 nitrogen and oxygen atoms in total. The summed E-state index contributed by atoms with van der Waals surface area (Å²) >= 11 is 1.37. The molecule has 1 atom stereocenters. The van der Waals surface area contributed by atoms with Crippen LogP contribution in [-0.4, -0.2) is 33.0 Å². The van der Waals surface area contributed by atoms with Gasteiger partial charge in [0.2, 0.25) is 16.9 Å². The van der Waals surface area contributed by atoms with Crippen LogP contribution in [0, 0.1) is 0 Å². The van der Waals surface area contributed by atoms with Crippen LogP contribution in [0.3, 0.4) is 0 Å². The Labute approximate surface area is 144 Å². The maximum absolute atomic E-state index is 12.7. The zero-order valence-corrected chi connectivity index (χ0v) is 14.8. The summed E-state index contributed by atoms with van der Waals surface area (Å²) in [4.78, 5) is 26.3. The minimum absolute atomic E-state index is 0.107. The summed E-state index contributed by atoms with van der Waals surface area (Å²) < 4.78 is 0. The Hall–Kier alpha value is -2.28. The molecule has 7 heteroatoms. The number of aromatic nitrogens is 2. The number of fused-ring (bicyclic) bond motifs is 1. The normalized spacial score (nSPS) is 16.8. The first kappa shape index (κ1) is 16.6. The van der Waals surface area contributed by atoms with Crippen molar-refractivity contribution >= 4 is 28.3 Å². The summed E-state index contributed by atoms with van der Waals surface area (Å²) in [6, 6.07) is 7.39. The number of amides is 2. The third kappa shape index (κ3) is 3.31. The second-order valence-electron chi connectivity index (χ2n) is 6.22. The standard InChI is InChI=1S/C17H20N4O2S/c1-10(2)16-19-20-17(24-16)18-15(23)14-8-12-6-4-5-7-13(12)9-21(14)11(3)22/h4-7,10,14H,8-9H2,1-3H3,(H,18,20,23)/t14-/m0/s1. The van der Waals surface area contributed by atoms with Gasteiger partial charge >= 0.3 is 0 Å². The van der Waals surface area contributed by atoms with E-state index >= 15 is 0 Å². The zero-order chi connectivity index (χ0) is 17.3. The van der Waals surface area contributed by atoms with Crippen LogP contribution in [0.25, 0.3) is 0 Å². The van der Waals surface area contributed by atoms with Crippen LogP contribution in [-0.2, 0) is 22.6 Å². The van der Waals surface area contributed by atoms with Crippen LogP contribution in [0.2, 0.25) is 0 Å².